The molecule has 6 heteroatoms. The lowest BCUT2D eigenvalue weighted by molar-refractivity contribution is -0.117. The molecule has 0 saturated carbocycles. The zero-order chi connectivity index (χ0) is 19.0. The number of nitrogens with zero attached hydrogens (tertiary/aromatic N) is 3. The number of aryl methyl sites for hydroxylation is 2. The van der Waals surface area contributed by atoms with Crippen LogP contribution in [0.25, 0.3) is 11.4 Å². The number of benzene rings is 2. The van der Waals surface area contributed by atoms with Gasteiger partial charge in [-0.25, -0.2) is 0 Å². The Kier molecular flexibility index (Phi) is 4.39. The fourth-order valence-corrected chi connectivity index (χ4v) is 3.28. The summed E-state index contributed by atoms with van der Waals surface area (Å²) in [6, 6.07) is 13.5. The van der Waals surface area contributed by atoms with Crippen LogP contribution in [0.3, 0.4) is 0 Å². The lowest BCUT2D eigenvalue weighted by Gasteiger charge is -2.16. The molecule has 138 valence electrons. The van der Waals surface area contributed by atoms with E-state index in [4.69, 9.17) is 9.26 Å². The Hall–Kier alpha value is -3.15. The van der Waals surface area contributed by atoms with E-state index < -0.39 is 0 Å². The number of ether oxygens (including phenoxy) is 1. The molecule has 1 unspecified atom stereocenters. The first kappa shape index (κ1) is 17.3. The SMILES string of the molecule is COc1ccc(N2CC(c3nc(-c4ccc(C)c(C)c4)no3)CC2=O)cc1. The fourth-order valence-electron chi connectivity index (χ4n) is 3.28. The lowest BCUT2D eigenvalue weighted by Crippen LogP contribution is -2.24. The second-order valence-corrected chi connectivity index (χ2v) is 6.86. The van der Waals surface area contributed by atoms with E-state index in [1.165, 1.54) is 11.1 Å². The van der Waals surface area contributed by atoms with E-state index in [1.54, 1.807) is 12.0 Å². The first-order valence-corrected chi connectivity index (χ1v) is 8.91. The molecule has 1 fully saturated rings. The second-order valence-electron chi connectivity index (χ2n) is 6.86. The predicted octanol–water partition coefficient (Wildman–Crippen LogP) is 3.88. The second kappa shape index (κ2) is 6.87. The minimum Gasteiger partial charge on any atom is -0.497 e. The third-order valence-electron chi connectivity index (χ3n) is 5.07. The van der Waals surface area contributed by atoms with E-state index >= 15 is 0 Å². The van der Waals surface area contributed by atoms with Crippen molar-refractivity contribution >= 4 is 11.6 Å². The van der Waals surface area contributed by atoms with E-state index in [9.17, 15) is 4.79 Å². The van der Waals surface area contributed by atoms with E-state index in [0.717, 1.165) is 17.0 Å². The number of methoxy groups -OCH3 is 1. The maximum atomic E-state index is 12.5. The monoisotopic (exact) mass is 363 g/mol. The molecule has 4 rings (SSSR count). The fraction of sp³-hybridized carbons (Fsp3) is 0.286. The quantitative estimate of drug-likeness (QED) is 0.703. The summed E-state index contributed by atoms with van der Waals surface area (Å²) in [4.78, 5) is 18.8. The molecule has 6 nitrogen and oxygen atoms in total. The summed E-state index contributed by atoms with van der Waals surface area (Å²) in [7, 11) is 1.62. The van der Waals surface area contributed by atoms with Crippen molar-refractivity contribution in [2.75, 3.05) is 18.6 Å². The van der Waals surface area contributed by atoms with Crippen molar-refractivity contribution in [3.63, 3.8) is 0 Å². The van der Waals surface area contributed by atoms with Crippen LogP contribution >= 0.6 is 0 Å². The summed E-state index contributed by atoms with van der Waals surface area (Å²) < 4.78 is 10.7. The molecule has 3 aromatic rings. The summed E-state index contributed by atoms with van der Waals surface area (Å²) in [6.07, 6.45) is 0.362. The topological polar surface area (TPSA) is 68.5 Å². The minimum atomic E-state index is -0.104. The van der Waals surface area contributed by atoms with E-state index in [0.29, 0.717) is 24.7 Å². The molecule has 2 aromatic carbocycles. The van der Waals surface area contributed by atoms with Gasteiger partial charge in [-0.2, -0.15) is 4.98 Å². The van der Waals surface area contributed by atoms with Crippen molar-refractivity contribution in [1.82, 2.24) is 10.1 Å². The summed E-state index contributed by atoms with van der Waals surface area (Å²) in [5.74, 6) is 1.77. The largest absolute Gasteiger partial charge is 0.497 e. The number of amides is 1. The van der Waals surface area contributed by atoms with Crippen LogP contribution in [-0.2, 0) is 4.79 Å². The normalized spacial score (nSPS) is 16.8. The molecule has 0 radical (unpaired) electrons. The Morgan fingerprint density at radius 1 is 1.11 bits per heavy atom. The molecule has 0 N–H and O–H groups in total. The highest BCUT2D eigenvalue weighted by molar-refractivity contribution is 5.96. The van der Waals surface area contributed by atoms with Gasteiger partial charge in [-0.15, -0.1) is 0 Å². The average molecular weight is 363 g/mol. The molecular formula is C21H21N3O3. The first-order valence-electron chi connectivity index (χ1n) is 8.91. The Morgan fingerprint density at radius 2 is 1.89 bits per heavy atom. The molecule has 0 spiro atoms. The van der Waals surface area contributed by atoms with Crippen LogP contribution in [0.4, 0.5) is 5.69 Å². The van der Waals surface area contributed by atoms with Crippen molar-refractivity contribution in [1.29, 1.82) is 0 Å². The molecule has 1 aliphatic rings. The summed E-state index contributed by atoms with van der Waals surface area (Å²) in [5.41, 5.74) is 4.17. The number of rotatable bonds is 4. The zero-order valence-corrected chi connectivity index (χ0v) is 15.6. The number of hydrogen-bond donors (Lipinski definition) is 0. The van der Waals surface area contributed by atoms with Crippen LogP contribution in [-0.4, -0.2) is 29.7 Å². The highest BCUT2D eigenvalue weighted by Gasteiger charge is 2.35. The van der Waals surface area contributed by atoms with Gasteiger partial charge in [0, 0.05) is 24.2 Å². The first-order chi connectivity index (χ1) is 13.0. The van der Waals surface area contributed by atoms with Gasteiger partial charge in [-0.05, 0) is 55.3 Å². The van der Waals surface area contributed by atoms with E-state index in [-0.39, 0.29) is 11.8 Å². The van der Waals surface area contributed by atoms with Crippen molar-refractivity contribution in [3.05, 3.63) is 59.5 Å². The number of aromatic nitrogens is 2. The number of carbonyl (C=O) groups excluding carboxylic acids is 1. The van der Waals surface area contributed by atoms with Gasteiger partial charge in [0.1, 0.15) is 5.75 Å². The molecule has 0 bridgehead atoms. The molecule has 1 aliphatic heterocycles. The molecule has 1 atom stereocenters. The van der Waals surface area contributed by atoms with Gasteiger partial charge < -0.3 is 14.2 Å². The van der Waals surface area contributed by atoms with Gasteiger partial charge in [-0.1, -0.05) is 17.3 Å². The van der Waals surface area contributed by atoms with Crippen LogP contribution in [0, 0.1) is 13.8 Å². The smallest absolute Gasteiger partial charge is 0.232 e. The van der Waals surface area contributed by atoms with Crippen LogP contribution in [0.5, 0.6) is 5.75 Å². The number of hydrogen-bond acceptors (Lipinski definition) is 5. The van der Waals surface area contributed by atoms with Crippen LogP contribution in [0.2, 0.25) is 0 Å². The van der Waals surface area contributed by atoms with Gasteiger partial charge >= 0.3 is 0 Å². The Bertz CT molecular complexity index is 979. The molecule has 1 aromatic heterocycles. The summed E-state index contributed by atoms with van der Waals surface area (Å²) >= 11 is 0. The van der Waals surface area contributed by atoms with Gasteiger partial charge in [0.15, 0.2) is 0 Å². The highest BCUT2D eigenvalue weighted by atomic mass is 16.5. The average Bonchev–Trinajstić information content (AvgIpc) is 3.31. The molecule has 1 saturated heterocycles. The number of anilines is 1. The van der Waals surface area contributed by atoms with Crippen molar-refractivity contribution in [3.8, 4) is 17.1 Å². The molecule has 2 heterocycles. The molecule has 27 heavy (non-hydrogen) atoms. The molecule has 1 amide bonds. The Labute approximate surface area is 157 Å². The van der Waals surface area contributed by atoms with Crippen LogP contribution < -0.4 is 9.64 Å². The summed E-state index contributed by atoms with van der Waals surface area (Å²) in [6.45, 7) is 4.65. The maximum Gasteiger partial charge on any atom is 0.232 e. The Morgan fingerprint density at radius 3 is 2.59 bits per heavy atom. The number of carbonyl (C=O) groups is 1. The van der Waals surface area contributed by atoms with Crippen LogP contribution in [0.1, 0.15) is 29.4 Å². The van der Waals surface area contributed by atoms with Gasteiger partial charge in [0.05, 0.1) is 13.0 Å². The highest BCUT2D eigenvalue weighted by Crippen LogP contribution is 2.32. The van der Waals surface area contributed by atoms with Crippen molar-refractivity contribution < 1.29 is 14.1 Å². The minimum absolute atomic E-state index is 0.0519. The van der Waals surface area contributed by atoms with Crippen molar-refractivity contribution in [2.45, 2.75) is 26.2 Å². The lowest BCUT2D eigenvalue weighted by atomic mass is 10.1. The zero-order valence-electron chi connectivity index (χ0n) is 15.6. The van der Waals surface area contributed by atoms with E-state index in [1.807, 2.05) is 42.5 Å². The van der Waals surface area contributed by atoms with E-state index in [2.05, 4.69) is 24.0 Å². The van der Waals surface area contributed by atoms with Crippen molar-refractivity contribution in [2.24, 2.45) is 0 Å². The third kappa shape index (κ3) is 3.30. The maximum absolute atomic E-state index is 12.5. The Balaban J connectivity index is 1.53. The van der Waals surface area contributed by atoms with Crippen LogP contribution in [0.15, 0.2) is 47.0 Å². The predicted molar refractivity (Wildman–Crippen MR) is 102 cm³/mol. The van der Waals surface area contributed by atoms with Gasteiger partial charge in [0.25, 0.3) is 0 Å². The standard InChI is InChI=1S/C21H21N3O3/c1-13-4-5-15(10-14(13)2)20-22-21(27-23-20)16-11-19(25)24(12-16)17-6-8-18(26-3)9-7-17/h4-10,16H,11-12H2,1-3H3. The van der Waals surface area contributed by atoms with Gasteiger partial charge in [0.2, 0.25) is 17.6 Å². The third-order valence-corrected chi connectivity index (χ3v) is 5.07. The summed E-state index contributed by atoms with van der Waals surface area (Å²) in [5, 5.41) is 4.11. The molecular weight excluding hydrogens is 342 g/mol. The molecule has 0 aliphatic carbocycles. The van der Waals surface area contributed by atoms with Gasteiger partial charge in [-0.3, -0.25) is 4.79 Å².